The molecule has 0 aliphatic carbocycles. The predicted molar refractivity (Wildman–Crippen MR) is 128 cm³/mol. The predicted octanol–water partition coefficient (Wildman–Crippen LogP) is 4.64. The molecule has 3 heterocycles. The first kappa shape index (κ1) is 22.1. The summed E-state index contributed by atoms with van der Waals surface area (Å²) in [6, 6.07) is 19.8. The van der Waals surface area contributed by atoms with Crippen LogP contribution in [0.2, 0.25) is 0 Å². The van der Waals surface area contributed by atoms with E-state index in [1.807, 2.05) is 9.80 Å². The van der Waals surface area contributed by atoms with Crippen LogP contribution >= 0.6 is 0 Å². The number of hydrogen-bond acceptors (Lipinski definition) is 3. The normalized spacial score (nSPS) is 24.9. The molecule has 0 bridgehead atoms. The molecule has 5 nitrogen and oxygen atoms in total. The molecule has 3 atom stereocenters. The lowest BCUT2D eigenvalue weighted by atomic mass is 9.76. The lowest BCUT2D eigenvalue weighted by Gasteiger charge is -2.43. The van der Waals surface area contributed by atoms with Gasteiger partial charge in [0.2, 0.25) is 0 Å². The van der Waals surface area contributed by atoms with Gasteiger partial charge in [0.15, 0.2) is 5.78 Å². The van der Waals surface area contributed by atoms with E-state index in [1.54, 1.807) is 0 Å². The molecule has 0 spiro atoms. The van der Waals surface area contributed by atoms with E-state index in [0.717, 1.165) is 38.9 Å². The maximum Gasteiger partial charge on any atom is 0.320 e. The second-order valence-corrected chi connectivity index (χ2v) is 10.00. The minimum Gasteiger partial charge on any atom is -0.370 e. The molecular formula is C28H34N2O3. The average Bonchev–Trinajstić information content (AvgIpc) is 2.84. The molecule has 174 valence electrons. The van der Waals surface area contributed by atoms with Crippen LogP contribution in [0.1, 0.15) is 48.3 Å². The van der Waals surface area contributed by atoms with E-state index in [0.29, 0.717) is 24.8 Å². The monoisotopic (exact) mass is 446 g/mol. The van der Waals surface area contributed by atoms with Crippen molar-refractivity contribution >= 4 is 11.8 Å². The quantitative estimate of drug-likeness (QED) is 0.690. The van der Waals surface area contributed by atoms with Gasteiger partial charge in [0, 0.05) is 44.4 Å². The first-order valence-electron chi connectivity index (χ1n) is 12.4. The summed E-state index contributed by atoms with van der Waals surface area (Å²) >= 11 is 0. The summed E-state index contributed by atoms with van der Waals surface area (Å²) < 4.78 is 5.70. The molecule has 0 aromatic heterocycles. The lowest BCUT2D eigenvalue weighted by molar-refractivity contribution is -0.140. The molecule has 0 radical (unpaired) electrons. The second kappa shape index (κ2) is 9.68. The van der Waals surface area contributed by atoms with Gasteiger partial charge in [0.1, 0.15) is 6.61 Å². The number of amides is 2. The van der Waals surface area contributed by atoms with Crippen LogP contribution in [0.25, 0.3) is 0 Å². The standard InChI is InChI=1S/C28H34N2O3/c1-20-6-5-9-23(16-20)27(21-7-3-2-4-8-21)22-10-13-29(14-11-22)28(32)30-15-12-26-24(18-30)17-25(31)19-33-26/h2-9,16,22,24,26-27H,10-15,17-19H2,1H3/t24-,26+,27+/m1/s1. The van der Waals surface area contributed by atoms with Gasteiger partial charge in [-0.3, -0.25) is 4.79 Å². The summed E-state index contributed by atoms with van der Waals surface area (Å²) in [5.74, 6) is 1.18. The van der Waals surface area contributed by atoms with Crippen LogP contribution in [0.5, 0.6) is 0 Å². The molecule has 0 unspecified atom stereocenters. The van der Waals surface area contributed by atoms with Crippen molar-refractivity contribution in [3.63, 3.8) is 0 Å². The van der Waals surface area contributed by atoms with Crippen molar-refractivity contribution in [3.05, 3.63) is 71.3 Å². The van der Waals surface area contributed by atoms with E-state index in [4.69, 9.17) is 4.74 Å². The van der Waals surface area contributed by atoms with Crippen molar-refractivity contribution in [1.82, 2.24) is 9.80 Å². The summed E-state index contributed by atoms with van der Waals surface area (Å²) in [5.41, 5.74) is 4.02. The average molecular weight is 447 g/mol. The van der Waals surface area contributed by atoms with Crippen molar-refractivity contribution in [2.75, 3.05) is 32.8 Å². The van der Waals surface area contributed by atoms with Crippen molar-refractivity contribution in [1.29, 1.82) is 0 Å². The molecule has 3 aliphatic rings. The number of piperidine rings is 2. The fraction of sp³-hybridized carbons (Fsp3) is 0.500. The highest BCUT2D eigenvalue weighted by Crippen LogP contribution is 2.38. The van der Waals surface area contributed by atoms with Gasteiger partial charge in [0.05, 0.1) is 6.10 Å². The summed E-state index contributed by atoms with van der Waals surface area (Å²) in [6.07, 6.45) is 3.52. The molecule has 0 saturated carbocycles. The van der Waals surface area contributed by atoms with Gasteiger partial charge in [-0.25, -0.2) is 4.79 Å². The Balaban J connectivity index is 1.25. The van der Waals surface area contributed by atoms with Crippen LogP contribution in [0.4, 0.5) is 4.79 Å². The Bertz CT molecular complexity index is 984. The van der Waals surface area contributed by atoms with Gasteiger partial charge in [-0.05, 0) is 43.2 Å². The number of likely N-dealkylation sites (tertiary alicyclic amines) is 2. The third-order valence-electron chi connectivity index (χ3n) is 7.72. The van der Waals surface area contributed by atoms with Gasteiger partial charge in [-0.1, -0.05) is 60.2 Å². The number of hydrogen-bond donors (Lipinski definition) is 0. The number of carbonyl (C=O) groups is 2. The van der Waals surface area contributed by atoms with Crippen molar-refractivity contribution in [2.45, 2.75) is 44.6 Å². The van der Waals surface area contributed by atoms with E-state index in [2.05, 4.69) is 61.5 Å². The fourth-order valence-corrected chi connectivity index (χ4v) is 6.04. The van der Waals surface area contributed by atoms with Crippen molar-refractivity contribution < 1.29 is 14.3 Å². The minimum atomic E-state index is 0.136. The van der Waals surface area contributed by atoms with Gasteiger partial charge in [0.25, 0.3) is 0 Å². The van der Waals surface area contributed by atoms with Crippen LogP contribution in [0.15, 0.2) is 54.6 Å². The van der Waals surface area contributed by atoms with E-state index in [9.17, 15) is 9.59 Å². The molecule has 3 saturated heterocycles. The highest BCUT2D eigenvalue weighted by molar-refractivity contribution is 5.81. The maximum atomic E-state index is 13.3. The topological polar surface area (TPSA) is 49.9 Å². The third-order valence-corrected chi connectivity index (χ3v) is 7.72. The van der Waals surface area contributed by atoms with Crippen LogP contribution < -0.4 is 0 Å². The molecule has 0 N–H and O–H groups in total. The van der Waals surface area contributed by atoms with E-state index < -0.39 is 0 Å². The molecule has 33 heavy (non-hydrogen) atoms. The highest BCUT2D eigenvalue weighted by atomic mass is 16.5. The Hall–Kier alpha value is -2.66. The van der Waals surface area contributed by atoms with Gasteiger partial charge in [-0.2, -0.15) is 0 Å². The fourth-order valence-electron chi connectivity index (χ4n) is 6.04. The van der Waals surface area contributed by atoms with Gasteiger partial charge < -0.3 is 14.5 Å². The molecule has 5 rings (SSSR count). The van der Waals surface area contributed by atoms with E-state index >= 15 is 0 Å². The molecule has 2 aromatic carbocycles. The first-order valence-corrected chi connectivity index (χ1v) is 12.4. The minimum absolute atomic E-state index is 0.136. The van der Waals surface area contributed by atoms with Gasteiger partial charge in [-0.15, -0.1) is 0 Å². The molecule has 3 aliphatic heterocycles. The Morgan fingerprint density at radius 3 is 2.42 bits per heavy atom. The van der Waals surface area contributed by atoms with Crippen molar-refractivity contribution in [3.8, 4) is 0 Å². The lowest BCUT2D eigenvalue weighted by Crippen LogP contribution is -2.54. The second-order valence-electron chi connectivity index (χ2n) is 10.00. The summed E-state index contributed by atoms with van der Waals surface area (Å²) in [5, 5.41) is 0. The Morgan fingerprint density at radius 2 is 1.67 bits per heavy atom. The molecule has 3 fully saturated rings. The number of Topliss-reactive ketones (excluding diaryl/α,β-unsaturated/α-hetero) is 1. The number of urea groups is 1. The van der Waals surface area contributed by atoms with Crippen LogP contribution in [0.3, 0.4) is 0 Å². The number of aryl methyl sites for hydroxylation is 1. The van der Waals surface area contributed by atoms with Crippen LogP contribution in [-0.4, -0.2) is 60.5 Å². The zero-order valence-corrected chi connectivity index (χ0v) is 19.5. The summed E-state index contributed by atoms with van der Waals surface area (Å²) in [4.78, 5) is 29.1. The Kier molecular flexibility index (Phi) is 6.50. The van der Waals surface area contributed by atoms with Crippen LogP contribution in [-0.2, 0) is 9.53 Å². The third kappa shape index (κ3) is 4.84. The number of nitrogens with zero attached hydrogens (tertiary/aromatic N) is 2. The smallest absolute Gasteiger partial charge is 0.320 e. The summed E-state index contributed by atoms with van der Waals surface area (Å²) in [7, 11) is 0. The Morgan fingerprint density at radius 1 is 0.939 bits per heavy atom. The van der Waals surface area contributed by atoms with E-state index in [1.165, 1.54) is 16.7 Å². The maximum absolute atomic E-state index is 13.3. The van der Waals surface area contributed by atoms with Crippen molar-refractivity contribution in [2.24, 2.45) is 11.8 Å². The zero-order chi connectivity index (χ0) is 22.8. The molecule has 5 heteroatoms. The number of ketones is 1. The Labute approximate surface area is 196 Å². The molecular weight excluding hydrogens is 412 g/mol. The largest absolute Gasteiger partial charge is 0.370 e. The molecule has 2 amide bonds. The summed E-state index contributed by atoms with van der Waals surface area (Å²) in [6.45, 7) is 5.35. The zero-order valence-electron chi connectivity index (χ0n) is 19.5. The number of rotatable bonds is 3. The highest BCUT2D eigenvalue weighted by Gasteiger charge is 2.38. The number of fused-ring (bicyclic) bond motifs is 1. The number of carbonyl (C=O) groups excluding carboxylic acids is 2. The van der Waals surface area contributed by atoms with Gasteiger partial charge >= 0.3 is 6.03 Å². The first-order chi connectivity index (χ1) is 16.1. The number of ether oxygens (including phenoxy) is 1. The number of benzene rings is 2. The van der Waals surface area contributed by atoms with Crippen LogP contribution in [0, 0.1) is 18.8 Å². The SMILES string of the molecule is Cc1cccc([C@@H](c2ccccc2)C2CCN(C(=O)N3CC[C@@H]4OCC(=O)C[C@@H]4C3)CC2)c1. The molecule has 2 aromatic rings. The van der Waals surface area contributed by atoms with E-state index in [-0.39, 0.29) is 30.4 Å².